The monoisotopic (exact) mass is 394 g/mol. The number of hydrogen-bond donors (Lipinski definition) is 2. The van der Waals surface area contributed by atoms with Crippen LogP contribution in [0.5, 0.6) is 0 Å². The maximum atomic E-state index is 12.8. The lowest BCUT2D eigenvalue weighted by Gasteiger charge is -2.36. The number of nitrogens with zero attached hydrogens (tertiary/aromatic N) is 1. The summed E-state index contributed by atoms with van der Waals surface area (Å²) in [5.74, 6) is -1.53. The molecule has 0 radical (unpaired) electrons. The van der Waals surface area contributed by atoms with E-state index in [0.717, 1.165) is 6.42 Å². The Hall–Kier alpha value is -2.08. The second-order valence-electron chi connectivity index (χ2n) is 8.05. The molecule has 1 heterocycles. The minimum Gasteiger partial charge on any atom is -0.481 e. The van der Waals surface area contributed by atoms with Crippen LogP contribution in [0.3, 0.4) is 0 Å². The van der Waals surface area contributed by atoms with Gasteiger partial charge >= 0.3 is 5.97 Å². The second-order valence-corrected chi connectivity index (χ2v) is 8.49. The highest BCUT2D eigenvalue weighted by atomic mass is 35.5. The molecule has 0 spiro atoms. The van der Waals surface area contributed by atoms with Crippen LogP contribution in [0.1, 0.15) is 51.6 Å². The van der Waals surface area contributed by atoms with E-state index in [1.54, 1.807) is 29.2 Å². The molecule has 2 N–H and O–H groups in total. The minimum absolute atomic E-state index is 0.0276. The molecule has 7 heteroatoms. The molecule has 1 aromatic rings. The van der Waals surface area contributed by atoms with E-state index in [2.05, 4.69) is 5.32 Å². The standard InChI is InChI=1S/C20H27ClN2O4/c1-20(2,3)19(27)23-10-4-5-14(12-23)18(26)22-16(11-17(24)25)13-6-8-15(21)9-7-13/h6-9,14,16H,4-5,10-12H2,1-3H3,(H,22,26)(H,24,25)/t14?,16-/m0/s1. The maximum absolute atomic E-state index is 12.8. The first-order chi connectivity index (χ1) is 12.6. The zero-order valence-electron chi connectivity index (χ0n) is 16.0. The second kappa shape index (κ2) is 8.74. The van der Waals surface area contributed by atoms with Gasteiger partial charge in [0, 0.05) is 23.5 Å². The highest BCUT2D eigenvalue weighted by Crippen LogP contribution is 2.25. The third kappa shape index (κ3) is 5.96. The molecule has 0 aliphatic carbocycles. The van der Waals surface area contributed by atoms with E-state index >= 15 is 0 Å². The van der Waals surface area contributed by atoms with Crippen LogP contribution in [0.4, 0.5) is 0 Å². The van der Waals surface area contributed by atoms with E-state index in [1.807, 2.05) is 20.8 Å². The van der Waals surface area contributed by atoms with Crippen molar-refractivity contribution < 1.29 is 19.5 Å². The number of carbonyl (C=O) groups is 3. The summed E-state index contributed by atoms with van der Waals surface area (Å²) in [7, 11) is 0. The summed E-state index contributed by atoms with van der Waals surface area (Å²) >= 11 is 5.89. The number of rotatable bonds is 5. The van der Waals surface area contributed by atoms with Gasteiger partial charge in [0.1, 0.15) is 0 Å². The van der Waals surface area contributed by atoms with Crippen LogP contribution in [0.15, 0.2) is 24.3 Å². The van der Waals surface area contributed by atoms with Gasteiger partial charge in [0.05, 0.1) is 18.4 Å². The van der Waals surface area contributed by atoms with Crippen LogP contribution < -0.4 is 5.32 Å². The molecule has 0 aromatic heterocycles. The number of halogens is 1. The molecule has 1 aliphatic heterocycles. The van der Waals surface area contributed by atoms with E-state index in [4.69, 9.17) is 11.6 Å². The van der Waals surface area contributed by atoms with Crippen LogP contribution in [0.2, 0.25) is 5.02 Å². The molecular weight excluding hydrogens is 368 g/mol. The lowest BCUT2D eigenvalue weighted by Crippen LogP contribution is -2.49. The van der Waals surface area contributed by atoms with E-state index in [-0.39, 0.29) is 24.2 Å². The summed E-state index contributed by atoms with van der Waals surface area (Å²) < 4.78 is 0. The smallest absolute Gasteiger partial charge is 0.305 e. The van der Waals surface area contributed by atoms with Crippen LogP contribution in [0, 0.1) is 11.3 Å². The number of likely N-dealkylation sites (tertiary alicyclic amines) is 1. The van der Waals surface area contributed by atoms with Gasteiger partial charge in [-0.05, 0) is 30.5 Å². The van der Waals surface area contributed by atoms with E-state index in [1.165, 1.54) is 0 Å². The number of benzene rings is 1. The van der Waals surface area contributed by atoms with Crippen LogP contribution in [-0.4, -0.2) is 40.9 Å². The molecule has 1 saturated heterocycles. The molecule has 2 atom stereocenters. The zero-order valence-corrected chi connectivity index (χ0v) is 16.8. The number of piperidine rings is 1. The topological polar surface area (TPSA) is 86.7 Å². The maximum Gasteiger partial charge on any atom is 0.305 e. The summed E-state index contributed by atoms with van der Waals surface area (Å²) in [6, 6.07) is 6.13. The van der Waals surface area contributed by atoms with Gasteiger partial charge in [0.25, 0.3) is 0 Å². The zero-order chi connectivity index (χ0) is 20.2. The van der Waals surface area contributed by atoms with Gasteiger partial charge in [-0.3, -0.25) is 14.4 Å². The average Bonchev–Trinajstić information content (AvgIpc) is 2.60. The summed E-state index contributed by atoms with van der Waals surface area (Å²) in [6.45, 7) is 6.60. The Kier molecular flexibility index (Phi) is 6.87. The predicted molar refractivity (Wildman–Crippen MR) is 103 cm³/mol. The van der Waals surface area contributed by atoms with Crippen LogP contribution in [-0.2, 0) is 14.4 Å². The summed E-state index contributed by atoms with van der Waals surface area (Å²) in [5.41, 5.74) is 0.196. The fraction of sp³-hybridized carbons (Fsp3) is 0.550. The van der Waals surface area contributed by atoms with Crippen molar-refractivity contribution in [2.24, 2.45) is 11.3 Å². The molecule has 6 nitrogen and oxygen atoms in total. The summed E-state index contributed by atoms with van der Waals surface area (Å²) in [6.07, 6.45) is 1.22. The van der Waals surface area contributed by atoms with Crippen molar-refractivity contribution in [1.29, 1.82) is 0 Å². The molecule has 1 unspecified atom stereocenters. The first-order valence-electron chi connectivity index (χ1n) is 9.15. The van der Waals surface area contributed by atoms with Gasteiger partial charge in [0.2, 0.25) is 11.8 Å². The number of carbonyl (C=O) groups excluding carboxylic acids is 2. The Balaban J connectivity index is 2.08. The quantitative estimate of drug-likeness (QED) is 0.802. The van der Waals surface area contributed by atoms with Gasteiger partial charge in [0.15, 0.2) is 0 Å². The molecule has 2 rings (SSSR count). The van der Waals surface area contributed by atoms with Crippen LogP contribution >= 0.6 is 11.6 Å². The minimum atomic E-state index is -0.997. The predicted octanol–water partition coefficient (Wildman–Crippen LogP) is 3.26. The third-order valence-corrected chi connectivity index (χ3v) is 4.94. The normalized spacial score (nSPS) is 18.7. The van der Waals surface area contributed by atoms with Gasteiger partial charge in [-0.15, -0.1) is 0 Å². The lowest BCUT2D eigenvalue weighted by molar-refractivity contribution is -0.142. The van der Waals surface area contributed by atoms with E-state index in [9.17, 15) is 19.5 Å². The van der Waals surface area contributed by atoms with Crippen LogP contribution in [0.25, 0.3) is 0 Å². The van der Waals surface area contributed by atoms with Crippen molar-refractivity contribution in [2.75, 3.05) is 13.1 Å². The lowest BCUT2D eigenvalue weighted by atomic mass is 9.90. The Morgan fingerprint density at radius 2 is 1.89 bits per heavy atom. The van der Waals surface area contributed by atoms with E-state index in [0.29, 0.717) is 30.1 Å². The van der Waals surface area contributed by atoms with Gasteiger partial charge in [-0.25, -0.2) is 0 Å². The van der Waals surface area contributed by atoms with Gasteiger partial charge in [-0.1, -0.05) is 44.5 Å². The Morgan fingerprint density at radius 3 is 2.44 bits per heavy atom. The molecule has 1 aromatic carbocycles. The van der Waals surface area contributed by atoms with Gasteiger partial charge < -0.3 is 15.3 Å². The largest absolute Gasteiger partial charge is 0.481 e. The molecule has 2 amide bonds. The molecule has 0 bridgehead atoms. The fourth-order valence-electron chi connectivity index (χ4n) is 3.26. The van der Waals surface area contributed by atoms with Crippen molar-refractivity contribution >= 4 is 29.4 Å². The first kappa shape index (κ1) is 21.2. The number of aliphatic carboxylic acids is 1. The average molecular weight is 395 g/mol. The highest BCUT2D eigenvalue weighted by molar-refractivity contribution is 6.30. The number of amides is 2. The molecule has 1 aliphatic rings. The van der Waals surface area contributed by atoms with Crippen molar-refractivity contribution in [3.8, 4) is 0 Å². The number of hydrogen-bond acceptors (Lipinski definition) is 3. The Morgan fingerprint density at radius 1 is 1.26 bits per heavy atom. The van der Waals surface area contributed by atoms with Crippen molar-refractivity contribution in [3.63, 3.8) is 0 Å². The van der Waals surface area contributed by atoms with Crippen molar-refractivity contribution in [2.45, 2.75) is 46.1 Å². The first-order valence-corrected chi connectivity index (χ1v) is 9.52. The molecule has 27 heavy (non-hydrogen) atoms. The van der Waals surface area contributed by atoms with E-state index < -0.39 is 17.4 Å². The van der Waals surface area contributed by atoms with Gasteiger partial charge in [-0.2, -0.15) is 0 Å². The van der Waals surface area contributed by atoms with Crippen molar-refractivity contribution in [3.05, 3.63) is 34.9 Å². The van der Waals surface area contributed by atoms with Crippen molar-refractivity contribution in [1.82, 2.24) is 10.2 Å². The Bertz CT molecular complexity index is 697. The fourth-order valence-corrected chi connectivity index (χ4v) is 3.39. The molecular formula is C20H27ClN2O4. The number of carboxylic acids is 1. The Labute approximate surface area is 164 Å². The molecule has 1 fully saturated rings. The number of nitrogens with one attached hydrogen (secondary N) is 1. The molecule has 148 valence electrons. The number of carboxylic acid groups (broad SMARTS) is 1. The summed E-state index contributed by atoms with van der Waals surface area (Å²) in [4.78, 5) is 38.3. The highest BCUT2D eigenvalue weighted by Gasteiger charge is 2.34. The molecule has 0 saturated carbocycles. The SMILES string of the molecule is CC(C)(C)C(=O)N1CCCC(C(=O)N[C@@H](CC(=O)O)c2ccc(Cl)cc2)C1. The third-order valence-electron chi connectivity index (χ3n) is 4.69. The summed E-state index contributed by atoms with van der Waals surface area (Å²) in [5, 5.41) is 12.6.